The molecule has 9 nitrogen and oxygen atoms in total. The Kier molecular flexibility index (Phi) is 6.45. The quantitative estimate of drug-likeness (QED) is 0.224. The van der Waals surface area contributed by atoms with Crippen molar-refractivity contribution in [3.8, 4) is 22.4 Å². The van der Waals surface area contributed by atoms with E-state index in [1.807, 2.05) is 69.3 Å². The minimum atomic E-state index is -0.857. The summed E-state index contributed by atoms with van der Waals surface area (Å²) in [7, 11) is 0. The number of benzene rings is 2. The van der Waals surface area contributed by atoms with E-state index < -0.39 is 23.0 Å². The number of aromatic nitrogens is 2. The second kappa shape index (κ2) is 9.85. The van der Waals surface area contributed by atoms with Gasteiger partial charge in [0.1, 0.15) is 11.4 Å². The number of amides is 1. The second-order valence-corrected chi connectivity index (χ2v) is 11.4. The Hall–Kier alpha value is -4.05. The summed E-state index contributed by atoms with van der Waals surface area (Å²) in [6, 6.07) is 22.1. The lowest BCUT2D eigenvalue weighted by molar-refractivity contribution is -0.287. The summed E-state index contributed by atoms with van der Waals surface area (Å²) in [5.41, 5.74) is 6.79. The van der Waals surface area contributed by atoms with Gasteiger partial charge in [0.25, 0.3) is 0 Å². The van der Waals surface area contributed by atoms with Gasteiger partial charge in [-0.1, -0.05) is 54.6 Å². The zero-order valence-electron chi connectivity index (χ0n) is 22.9. The van der Waals surface area contributed by atoms with Gasteiger partial charge in [0, 0.05) is 41.1 Å². The van der Waals surface area contributed by atoms with Crippen molar-refractivity contribution in [1.82, 2.24) is 15.3 Å². The molecule has 40 heavy (non-hydrogen) atoms. The van der Waals surface area contributed by atoms with Gasteiger partial charge >= 0.3 is 6.09 Å². The average molecular weight is 540 g/mol. The van der Waals surface area contributed by atoms with E-state index in [0.717, 1.165) is 38.9 Å². The molecule has 1 aliphatic heterocycles. The lowest BCUT2D eigenvalue weighted by Gasteiger charge is -2.51. The van der Waals surface area contributed by atoms with Crippen LogP contribution in [0.1, 0.15) is 39.2 Å². The van der Waals surface area contributed by atoms with Crippen molar-refractivity contribution in [3.63, 3.8) is 0 Å². The molecule has 2 aromatic carbocycles. The molecule has 3 heterocycles. The van der Waals surface area contributed by atoms with Crippen LogP contribution in [0, 0.1) is 0 Å². The molecule has 0 unspecified atom stereocenters. The maximum Gasteiger partial charge on any atom is 0.408 e. The summed E-state index contributed by atoms with van der Waals surface area (Å²) in [5, 5.41) is 3.74. The summed E-state index contributed by atoms with van der Waals surface area (Å²) < 4.78 is 17.9. The van der Waals surface area contributed by atoms with Crippen LogP contribution in [0.2, 0.25) is 0 Å². The third-order valence-corrected chi connectivity index (χ3v) is 7.34. The number of nitrogens with two attached hydrogens (primary N) is 1. The van der Waals surface area contributed by atoms with E-state index in [4.69, 9.17) is 25.0 Å². The van der Waals surface area contributed by atoms with E-state index in [1.54, 1.807) is 6.20 Å². The summed E-state index contributed by atoms with van der Waals surface area (Å²) >= 11 is 0. The fourth-order valence-electron chi connectivity index (χ4n) is 5.56. The molecule has 2 aliphatic rings. The molecule has 1 aliphatic carbocycles. The Morgan fingerprint density at radius 2 is 1.68 bits per heavy atom. The van der Waals surface area contributed by atoms with Gasteiger partial charge in [0.15, 0.2) is 5.79 Å². The number of hydrogen-bond donors (Lipinski definition) is 3. The SMILES string of the molecule is CC(C)(C)NC(=O)OC1(c2ccc(-c3nc4ccnc(NN)c4cc3-c3ccccc3)cc2)CC2(C1)OCCO2. The normalized spacial score (nSPS) is 17.4. The third-order valence-electron chi connectivity index (χ3n) is 7.34. The van der Waals surface area contributed by atoms with Crippen LogP contribution in [0.4, 0.5) is 10.6 Å². The summed E-state index contributed by atoms with van der Waals surface area (Å²) in [6.07, 6.45) is 2.08. The first-order chi connectivity index (χ1) is 19.2. The fraction of sp³-hybridized carbons (Fsp3) is 0.323. The van der Waals surface area contributed by atoms with Gasteiger partial charge in [0.2, 0.25) is 0 Å². The zero-order valence-corrected chi connectivity index (χ0v) is 22.9. The van der Waals surface area contributed by atoms with Gasteiger partial charge in [-0.25, -0.2) is 20.6 Å². The van der Waals surface area contributed by atoms with E-state index in [2.05, 4.69) is 33.9 Å². The molecule has 6 rings (SSSR count). The third kappa shape index (κ3) is 4.88. The van der Waals surface area contributed by atoms with Crippen molar-refractivity contribution < 1.29 is 19.0 Å². The van der Waals surface area contributed by atoms with E-state index >= 15 is 0 Å². The van der Waals surface area contributed by atoms with E-state index in [0.29, 0.717) is 31.9 Å². The largest absolute Gasteiger partial charge is 0.438 e. The molecule has 4 N–H and O–H groups in total. The number of anilines is 1. The maximum atomic E-state index is 12.9. The number of carbonyl (C=O) groups is 1. The lowest BCUT2D eigenvalue weighted by Crippen LogP contribution is -2.59. The van der Waals surface area contributed by atoms with E-state index in [9.17, 15) is 4.79 Å². The van der Waals surface area contributed by atoms with Crippen LogP contribution in [0.3, 0.4) is 0 Å². The molecule has 4 aromatic rings. The molecule has 9 heteroatoms. The van der Waals surface area contributed by atoms with Crippen molar-refractivity contribution in [2.75, 3.05) is 18.6 Å². The maximum absolute atomic E-state index is 12.9. The summed E-state index contributed by atoms with van der Waals surface area (Å²) in [4.78, 5) is 22.2. The number of pyridine rings is 2. The molecular weight excluding hydrogens is 506 g/mol. The first-order valence-electron chi connectivity index (χ1n) is 13.4. The molecule has 0 atom stereocenters. The Morgan fingerprint density at radius 3 is 2.33 bits per heavy atom. The van der Waals surface area contributed by atoms with Crippen LogP contribution in [0.5, 0.6) is 0 Å². The molecule has 1 spiro atoms. The number of nitrogens with zero attached hydrogens (tertiary/aromatic N) is 2. The number of hydrazine groups is 1. The average Bonchev–Trinajstić information content (AvgIpc) is 3.40. The molecule has 206 valence electrons. The number of carbonyl (C=O) groups excluding carboxylic acids is 1. The van der Waals surface area contributed by atoms with Crippen molar-refractivity contribution >= 4 is 22.8 Å². The highest BCUT2D eigenvalue weighted by Crippen LogP contribution is 2.55. The van der Waals surface area contributed by atoms with Crippen LogP contribution in [0.15, 0.2) is 72.9 Å². The molecule has 2 aromatic heterocycles. The van der Waals surface area contributed by atoms with Gasteiger partial charge in [-0.3, -0.25) is 0 Å². The highest BCUT2D eigenvalue weighted by atomic mass is 16.7. The van der Waals surface area contributed by atoms with Gasteiger partial charge in [-0.2, -0.15) is 0 Å². The zero-order chi connectivity index (χ0) is 28.0. The molecule has 1 amide bonds. The molecule has 0 radical (unpaired) electrons. The van der Waals surface area contributed by atoms with Crippen LogP contribution in [0.25, 0.3) is 33.3 Å². The smallest absolute Gasteiger partial charge is 0.408 e. The Morgan fingerprint density at radius 1 is 0.975 bits per heavy atom. The number of ether oxygens (including phenoxy) is 3. The first-order valence-corrected chi connectivity index (χ1v) is 13.4. The fourth-order valence-corrected chi connectivity index (χ4v) is 5.56. The Labute approximate surface area is 233 Å². The lowest BCUT2D eigenvalue weighted by atomic mass is 9.69. The highest BCUT2D eigenvalue weighted by Gasteiger charge is 2.62. The van der Waals surface area contributed by atoms with Crippen molar-refractivity contribution in [3.05, 3.63) is 78.5 Å². The van der Waals surface area contributed by atoms with Gasteiger partial charge in [-0.05, 0) is 44.0 Å². The van der Waals surface area contributed by atoms with Gasteiger partial charge in [-0.15, -0.1) is 0 Å². The molecular formula is C31H33N5O4. The Bertz CT molecular complexity index is 1540. The number of alkyl carbamates (subject to hydrolysis) is 1. The number of fused-ring (bicyclic) bond motifs is 1. The van der Waals surface area contributed by atoms with Crippen LogP contribution in [-0.2, 0) is 19.8 Å². The van der Waals surface area contributed by atoms with Gasteiger partial charge in [0.05, 0.1) is 24.4 Å². The highest BCUT2D eigenvalue weighted by molar-refractivity contribution is 5.96. The van der Waals surface area contributed by atoms with Crippen LogP contribution >= 0.6 is 0 Å². The molecule has 2 fully saturated rings. The minimum absolute atomic E-state index is 0.422. The number of nitrogens with one attached hydrogen (secondary N) is 2. The van der Waals surface area contributed by atoms with E-state index in [1.165, 1.54) is 0 Å². The van der Waals surface area contributed by atoms with Crippen molar-refractivity contribution in [2.24, 2.45) is 5.84 Å². The van der Waals surface area contributed by atoms with Crippen molar-refractivity contribution in [1.29, 1.82) is 0 Å². The van der Waals surface area contributed by atoms with Crippen LogP contribution in [-0.4, -0.2) is 40.6 Å². The van der Waals surface area contributed by atoms with Crippen LogP contribution < -0.4 is 16.6 Å². The van der Waals surface area contributed by atoms with Gasteiger partial charge < -0.3 is 25.0 Å². The summed E-state index contributed by atoms with van der Waals surface area (Å²) in [5.74, 6) is 5.60. The monoisotopic (exact) mass is 539 g/mol. The van der Waals surface area contributed by atoms with E-state index in [-0.39, 0.29) is 0 Å². The molecule has 1 saturated carbocycles. The molecule has 0 bridgehead atoms. The second-order valence-electron chi connectivity index (χ2n) is 11.4. The minimum Gasteiger partial charge on any atom is -0.438 e. The Balaban J connectivity index is 1.39. The first kappa shape index (κ1) is 26.2. The number of nitrogen functional groups attached to an aromatic ring is 1. The van der Waals surface area contributed by atoms with Crippen molar-refractivity contribution in [2.45, 2.75) is 50.5 Å². The number of hydrogen-bond acceptors (Lipinski definition) is 8. The standard InChI is InChI=1S/C31H33N5O4/c1-29(2,3)35-28(37)40-30(18-31(19-30)38-15-16-39-31)22-11-9-21(10-12-22)26-23(20-7-5-4-6-8-20)17-24-25(34-26)13-14-33-27(24)36-32/h4-14,17H,15-16,18-19,32H2,1-3H3,(H,33,36)(H,35,37). The predicted octanol–water partition coefficient (Wildman–Crippen LogP) is 5.51. The topological polar surface area (TPSA) is 121 Å². The molecule has 1 saturated heterocycles. The summed E-state index contributed by atoms with van der Waals surface area (Å²) in [6.45, 7) is 6.84. The number of rotatable bonds is 5. The predicted molar refractivity (Wildman–Crippen MR) is 153 cm³/mol.